The Bertz CT molecular complexity index is 486. The molecule has 2 aromatic rings. The highest BCUT2D eigenvalue weighted by Crippen LogP contribution is 2.35. The van der Waals surface area contributed by atoms with Gasteiger partial charge in [0.05, 0.1) is 0 Å². The van der Waals surface area contributed by atoms with Crippen molar-refractivity contribution >= 4 is 15.9 Å². The van der Waals surface area contributed by atoms with E-state index in [4.69, 9.17) is 0 Å². The summed E-state index contributed by atoms with van der Waals surface area (Å²) in [5, 5.41) is 1.04. The zero-order chi connectivity index (χ0) is 14.3. The van der Waals surface area contributed by atoms with Gasteiger partial charge in [-0.2, -0.15) is 0 Å². The van der Waals surface area contributed by atoms with Gasteiger partial charge in [-0.3, -0.25) is 0 Å². The van der Waals surface area contributed by atoms with Crippen LogP contribution in [0.3, 0.4) is 0 Å². The summed E-state index contributed by atoms with van der Waals surface area (Å²) in [5.41, 5.74) is 3.18. The molecule has 2 aromatic carbocycles. The lowest BCUT2D eigenvalue weighted by Crippen LogP contribution is -2.27. The first-order valence-electron chi connectivity index (χ1n) is 7.46. The Hall–Kier alpha value is -1.08. The second-order valence-electron chi connectivity index (χ2n) is 5.47. The molecule has 0 N–H and O–H groups in total. The van der Waals surface area contributed by atoms with Crippen LogP contribution in [0.15, 0.2) is 60.7 Å². The Morgan fingerprint density at radius 2 is 1.50 bits per heavy atom. The highest BCUT2D eigenvalue weighted by Gasteiger charge is 2.28. The molecule has 1 heteroatoms. The van der Waals surface area contributed by atoms with Crippen LogP contribution in [0, 0.1) is 0 Å². The predicted octanol–water partition coefficient (Wildman–Crippen LogP) is 5.75. The van der Waals surface area contributed by atoms with Crippen molar-refractivity contribution in [1.29, 1.82) is 0 Å². The summed E-state index contributed by atoms with van der Waals surface area (Å²) in [5.74, 6) is 0. The number of hydrogen-bond acceptors (Lipinski definition) is 0. The van der Waals surface area contributed by atoms with Crippen LogP contribution in [-0.2, 0) is 11.8 Å². The van der Waals surface area contributed by atoms with E-state index in [9.17, 15) is 0 Å². The fourth-order valence-electron chi connectivity index (χ4n) is 2.83. The van der Waals surface area contributed by atoms with Crippen molar-refractivity contribution in [2.24, 2.45) is 0 Å². The van der Waals surface area contributed by atoms with Gasteiger partial charge >= 0.3 is 0 Å². The highest BCUT2D eigenvalue weighted by molar-refractivity contribution is 9.09. The van der Waals surface area contributed by atoms with Crippen LogP contribution >= 0.6 is 15.9 Å². The summed E-state index contributed by atoms with van der Waals surface area (Å²) in [6, 6.07) is 21.7. The molecule has 1 atom stereocenters. The van der Waals surface area contributed by atoms with E-state index in [0.29, 0.717) is 0 Å². The summed E-state index contributed by atoms with van der Waals surface area (Å²) in [6.45, 7) is 2.30. The fourth-order valence-corrected chi connectivity index (χ4v) is 3.83. The van der Waals surface area contributed by atoms with Crippen molar-refractivity contribution < 1.29 is 0 Å². The van der Waals surface area contributed by atoms with Gasteiger partial charge in [0.2, 0.25) is 0 Å². The number of rotatable bonds is 7. The lowest BCUT2D eigenvalue weighted by atomic mass is 9.76. The molecule has 0 saturated carbocycles. The molecule has 0 aliphatic rings. The molecule has 0 aliphatic carbocycles. The molecule has 1 unspecified atom stereocenters. The monoisotopic (exact) mass is 330 g/mol. The molecule has 0 heterocycles. The van der Waals surface area contributed by atoms with Crippen LogP contribution in [-0.4, -0.2) is 5.33 Å². The van der Waals surface area contributed by atoms with Crippen molar-refractivity contribution in [2.45, 2.75) is 38.0 Å². The van der Waals surface area contributed by atoms with Crippen LogP contribution in [0.1, 0.15) is 37.3 Å². The third-order valence-electron chi connectivity index (χ3n) is 4.28. The van der Waals surface area contributed by atoms with E-state index in [-0.39, 0.29) is 5.41 Å². The van der Waals surface area contributed by atoms with Crippen molar-refractivity contribution in [3.8, 4) is 0 Å². The van der Waals surface area contributed by atoms with E-state index in [1.807, 2.05) is 0 Å². The van der Waals surface area contributed by atoms with Crippen molar-refractivity contribution in [1.82, 2.24) is 0 Å². The average Bonchev–Trinajstić information content (AvgIpc) is 2.54. The summed E-state index contributed by atoms with van der Waals surface area (Å²) in [6.07, 6.45) is 4.81. The zero-order valence-corrected chi connectivity index (χ0v) is 13.8. The Morgan fingerprint density at radius 3 is 2.05 bits per heavy atom. The van der Waals surface area contributed by atoms with Gasteiger partial charge in [-0.15, -0.1) is 0 Å². The first kappa shape index (κ1) is 15.3. The van der Waals surface area contributed by atoms with Crippen molar-refractivity contribution in [3.05, 3.63) is 71.8 Å². The Labute approximate surface area is 131 Å². The number of aryl methyl sites for hydroxylation is 1. The third kappa shape index (κ3) is 3.73. The molecule has 0 fully saturated rings. The quantitative estimate of drug-likeness (QED) is 0.567. The Kier molecular flexibility index (Phi) is 5.85. The zero-order valence-electron chi connectivity index (χ0n) is 12.2. The molecule has 0 saturated heterocycles. The smallest absolute Gasteiger partial charge is 0.0128 e. The number of alkyl halides is 1. The highest BCUT2D eigenvalue weighted by atomic mass is 79.9. The number of benzene rings is 2. The molecule has 0 nitrogen and oxygen atoms in total. The van der Waals surface area contributed by atoms with Gasteiger partial charge in [-0.25, -0.2) is 0 Å². The maximum atomic E-state index is 3.76. The molecule has 0 radical (unpaired) electrons. The van der Waals surface area contributed by atoms with E-state index in [0.717, 1.165) is 5.33 Å². The second kappa shape index (κ2) is 7.64. The van der Waals surface area contributed by atoms with E-state index < -0.39 is 0 Å². The van der Waals surface area contributed by atoms with Gasteiger partial charge in [0.15, 0.2) is 0 Å². The first-order valence-corrected chi connectivity index (χ1v) is 8.58. The molecule has 0 aliphatic heterocycles. The molecule has 20 heavy (non-hydrogen) atoms. The first-order chi connectivity index (χ1) is 9.80. The molecule has 0 bridgehead atoms. The van der Waals surface area contributed by atoms with Crippen molar-refractivity contribution in [2.75, 3.05) is 5.33 Å². The van der Waals surface area contributed by atoms with E-state index in [2.05, 4.69) is 83.5 Å². The van der Waals surface area contributed by atoms with Crippen LogP contribution in [0.5, 0.6) is 0 Å². The van der Waals surface area contributed by atoms with Gasteiger partial charge < -0.3 is 0 Å². The summed E-state index contributed by atoms with van der Waals surface area (Å²) in [4.78, 5) is 0. The Balaban J connectivity index is 2.03. The van der Waals surface area contributed by atoms with Gasteiger partial charge in [0.25, 0.3) is 0 Å². The maximum Gasteiger partial charge on any atom is 0.0128 e. The minimum absolute atomic E-state index is 0.274. The van der Waals surface area contributed by atoms with Crippen LogP contribution in [0.25, 0.3) is 0 Å². The normalized spacial score (nSPS) is 13.9. The Morgan fingerprint density at radius 1 is 0.900 bits per heavy atom. The fraction of sp³-hybridized carbons (Fsp3) is 0.368. The topological polar surface area (TPSA) is 0 Å². The van der Waals surface area contributed by atoms with Crippen LogP contribution in [0.2, 0.25) is 0 Å². The lowest BCUT2D eigenvalue weighted by molar-refractivity contribution is 0.416. The minimum atomic E-state index is 0.274. The average molecular weight is 331 g/mol. The van der Waals surface area contributed by atoms with Gasteiger partial charge in [0.1, 0.15) is 0 Å². The predicted molar refractivity (Wildman–Crippen MR) is 91.6 cm³/mol. The summed E-state index contributed by atoms with van der Waals surface area (Å²) < 4.78 is 0. The molecule has 2 rings (SSSR count). The standard InChI is InChI=1S/C19H23Br/c1-2-19(16-20,18-13-7-4-8-14-18)15-9-12-17-10-5-3-6-11-17/h3-8,10-11,13-14H,2,9,12,15-16H2,1H3. The molecule has 0 amide bonds. The largest absolute Gasteiger partial charge is 0.0918 e. The lowest BCUT2D eigenvalue weighted by Gasteiger charge is -2.31. The van der Waals surface area contributed by atoms with E-state index >= 15 is 0 Å². The van der Waals surface area contributed by atoms with Crippen molar-refractivity contribution in [3.63, 3.8) is 0 Å². The molecule has 0 spiro atoms. The molecule has 106 valence electrons. The number of hydrogen-bond donors (Lipinski definition) is 0. The summed E-state index contributed by atoms with van der Waals surface area (Å²) in [7, 11) is 0. The second-order valence-corrected chi connectivity index (χ2v) is 6.03. The van der Waals surface area contributed by atoms with E-state index in [1.165, 1.54) is 36.8 Å². The minimum Gasteiger partial charge on any atom is -0.0918 e. The molecular weight excluding hydrogens is 308 g/mol. The van der Waals surface area contributed by atoms with E-state index in [1.54, 1.807) is 0 Å². The SMILES string of the molecule is CCC(CBr)(CCCc1ccccc1)c1ccccc1. The van der Waals surface area contributed by atoms with Crippen LogP contribution in [0.4, 0.5) is 0 Å². The van der Waals surface area contributed by atoms with Gasteiger partial charge in [0, 0.05) is 10.7 Å². The van der Waals surface area contributed by atoms with Gasteiger partial charge in [-0.05, 0) is 36.8 Å². The third-order valence-corrected chi connectivity index (χ3v) is 5.36. The maximum absolute atomic E-state index is 3.76. The van der Waals surface area contributed by atoms with Crippen LogP contribution < -0.4 is 0 Å². The summed E-state index contributed by atoms with van der Waals surface area (Å²) >= 11 is 3.76. The number of halogens is 1. The molecule has 0 aromatic heterocycles. The van der Waals surface area contributed by atoms with Gasteiger partial charge in [-0.1, -0.05) is 83.5 Å². The molecular formula is C19H23Br.